The summed E-state index contributed by atoms with van der Waals surface area (Å²) in [5.41, 5.74) is 0.0401. The van der Waals surface area contributed by atoms with Gasteiger partial charge in [-0.25, -0.2) is 0 Å². The van der Waals surface area contributed by atoms with Crippen LogP contribution in [0.4, 0.5) is 0 Å². The van der Waals surface area contributed by atoms with Crippen molar-refractivity contribution in [3.8, 4) is 0 Å². The lowest BCUT2D eigenvalue weighted by atomic mass is 9.84. The van der Waals surface area contributed by atoms with Gasteiger partial charge in [-0.2, -0.15) is 0 Å². The van der Waals surface area contributed by atoms with Crippen LogP contribution in [0.5, 0.6) is 0 Å². The van der Waals surface area contributed by atoms with Crippen molar-refractivity contribution in [2.75, 3.05) is 6.61 Å². The zero-order chi connectivity index (χ0) is 8.48. The molecule has 1 rings (SSSR count). The fourth-order valence-electron chi connectivity index (χ4n) is 1.09. The molecule has 1 aliphatic heterocycles. The molecule has 0 bridgehead atoms. The van der Waals surface area contributed by atoms with Gasteiger partial charge in [-0.1, -0.05) is 13.8 Å². The number of carboxylic acid groups (broad SMARTS) is 1. The van der Waals surface area contributed by atoms with Gasteiger partial charge in [0.1, 0.15) is 0 Å². The Morgan fingerprint density at radius 3 is 2.64 bits per heavy atom. The van der Waals surface area contributed by atoms with Crippen LogP contribution in [-0.2, 0) is 9.53 Å². The number of ether oxygens (including phenoxy) is 1. The molecule has 0 aromatic rings. The second-order valence-electron chi connectivity index (χ2n) is 3.70. The molecule has 0 amide bonds. The van der Waals surface area contributed by atoms with Crippen LogP contribution in [0.1, 0.15) is 26.7 Å². The quantitative estimate of drug-likeness (QED) is 0.627. The smallest absolute Gasteiger partial charge is 0.303 e. The zero-order valence-electron chi connectivity index (χ0n) is 6.96. The fourth-order valence-corrected chi connectivity index (χ4v) is 1.09. The monoisotopic (exact) mass is 158 g/mol. The van der Waals surface area contributed by atoms with Gasteiger partial charge in [0.15, 0.2) is 0 Å². The molecule has 0 aromatic heterocycles. The summed E-state index contributed by atoms with van der Waals surface area (Å²) in [6, 6.07) is 0. The van der Waals surface area contributed by atoms with Gasteiger partial charge >= 0.3 is 5.97 Å². The van der Waals surface area contributed by atoms with E-state index in [0.717, 1.165) is 6.61 Å². The zero-order valence-corrected chi connectivity index (χ0v) is 6.96. The van der Waals surface area contributed by atoms with Gasteiger partial charge in [0, 0.05) is 6.42 Å². The lowest BCUT2D eigenvalue weighted by molar-refractivity contribution is -0.137. The molecule has 1 saturated heterocycles. The highest BCUT2D eigenvalue weighted by molar-refractivity contribution is 5.66. The van der Waals surface area contributed by atoms with Crippen LogP contribution < -0.4 is 0 Å². The topological polar surface area (TPSA) is 49.8 Å². The first kappa shape index (κ1) is 8.53. The van der Waals surface area contributed by atoms with E-state index in [4.69, 9.17) is 9.84 Å². The van der Waals surface area contributed by atoms with Crippen molar-refractivity contribution in [3.05, 3.63) is 0 Å². The van der Waals surface area contributed by atoms with E-state index in [1.807, 2.05) is 13.8 Å². The van der Waals surface area contributed by atoms with Gasteiger partial charge in [0.05, 0.1) is 12.7 Å². The summed E-state index contributed by atoms with van der Waals surface area (Å²) in [5.74, 6) is -0.723. The first-order valence-corrected chi connectivity index (χ1v) is 3.86. The molecule has 11 heavy (non-hydrogen) atoms. The SMILES string of the molecule is CC(C)(CCC(=O)O)C1CO1. The van der Waals surface area contributed by atoms with Crippen molar-refractivity contribution in [2.24, 2.45) is 5.41 Å². The molecule has 1 N–H and O–H groups in total. The Labute approximate surface area is 66.4 Å². The molecule has 0 aromatic carbocycles. The first-order valence-electron chi connectivity index (χ1n) is 3.86. The van der Waals surface area contributed by atoms with Crippen LogP contribution >= 0.6 is 0 Å². The minimum absolute atomic E-state index is 0.0401. The summed E-state index contributed by atoms with van der Waals surface area (Å²) in [7, 11) is 0. The molecular formula is C8H14O3. The molecule has 3 nitrogen and oxygen atoms in total. The van der Waals surface area contributed by atoms with E-state index in [-0.39, 0.29) is 11.8 Å². The number of aliphatic carboxylic acids is 1. The average molecular weight is 158 g/mol. The second-order valence-corrected chi connectivity index (χ2v) is 3.70. The standard InChI is InChI=1S/C8H14O3/c1-8(2,6-5-11-6)4-3-7(9)10/h6H,3-5H2,1-2H3,(H,9,10). The average Bonchev–Trinajstić information content (AvgIpc) is 2.64. The predicted molar refractivity (Wildman–Crippen MR) is 40.4 cm³/mol. The van der Waals surface area contributed by atoms with Crippen LogP contribution in [0.15, 0.2) is 0 Å². The molecule has 3 heteroatoms. The number of hydrogen-bond acceptors (Lipinski definition) is 2. The molecule has 0 saturated carbocycles. The van der Waals surface area contributed by atoms with E-state index in [1.165, 1.54) is 0 Å². The Hall–Kier alpha value is -0.570. The van der Waals surface area contributed by atoms with Gasteiger partial charge in [0.25, 0.3) is 0 Å². The Bertz CT molecular complexity index is 159. The third-order valence-electron chi connectivity index (χ3n) is 2.19. The molecule has 1 fully saturated rings. The minimum Gasteiger partial charge on any atom is -0.481 e. The molecule has 0 radical (unpaired) electrons. The van der Waals surface area contributed by atoms with Crippen LogP contribution in [-0.4, -0.2) is 23.8 Å². The van der Waals surface area contributed by atoms with Crippen molar-refractivity contribution in [2.45, 2.75) is 32.8 Å². The van der Waals surface area contributed by atoms with Gasteiger partial charge in [-0.05, 0) is 11.8 Å². The maximum absolute atomic E-state index is 10.2. The predicted octanol–water partition coefficient (Wildman–Crippen LogP) is 1.28. The molecule has 0 aliphatic carbocycles. The largest absolute Gasteiger partial charge is 0.481 e. The Kier molecular flexibility index (Phi) is 2.18. The van der Waals surface area contributed by atoms with Crippen molar-refractivity contribution in [1.29, 1.82) is 0 Å². The van der Waals surface area contributed by atoms with Crippen LogP contribution in [0, 0.1) is 5.41 Å². The number of epoxide rings is 1. The van der Waals surface area contributed by atoms with E-state index >= 15 is 0 Å². The first-order chi connectivity index (χ1) is 5.02. The summed E-state index contributed by atoms with van der Waals surface area (Å²) in [4.78, 5) is 10.2. The fraction of sp³-hybridized carbons (Fsp3) is 0.875. The summed E-state index contributed by atoms with van der Waals surface area (Å²) >= 11 is 0. The molecule has 64 valence electrons. The number of rotatable bonds is 4. The maximum atomic E-state index is 10.2. The highest BCUT2D eigenvalue weighted by atomic mass is 16.6. The van der Waals surface area contributed by atoms with E-state index in [2.05, 4.69) is 0 Å². The summed E-state index contributed by atoms with van der Waals surface area (Å²) in [6.07, 6.45) is 1.24. The lowest BCUT2D eigenvalue weighted by Crippen LogP contribution is -2.20. The van der Waals surface area contributed by atoms with Crippen LogP contribution in [0.2, 0.25) is 0 Å². The maximum Gasteiger partial charge on any atom is 0.303 e. The van der Waals surface area contributed by atoms with Gasteiger partial charge < -0.3 is 9.84 Å². The molecule has 1 unspecified atom stereocenters. The third-order valence-corrected chi connectivity index (χ3v) is 2.19. The number of carboxylic acids is 1. The van der Waals surface area contributed by atoms with E-state index in [1.54, 1.807) is 0 Å². The van der Waals surface area contributed by atoms with Gasteiger partial charge in [0.2, 0.25) is 0 Å². The van der Waals surface area contributed by atoms with Gasteiger partial charge in [-0.15, -0.1) is 0 Å². The van der Waals surface area contributed by atoms with Crippen molar-refractivity contribution in [1.82, 2.24) is 0 Å². The van der Waals surface area contributed by atoms with E-state index < -0.39 is 5.97 Å². The van der Waals surface area contributed by atoms with Gasteiger partial charge in [-0.3, -0.25) is 4.79 Å². The molecule has 0 spiro atoms. The lowest BCUT2D eigenvalue weighted by Gasteiger charge is -2.20. The van der Waals surface area contributed by atoms with Crippen LogP contribution in [0.3, 0.4) is 0 Å². The van der Waals surface area contributed by atoms with Crippen LogP contribution in [0.25, 0.3) is 0 Å². The Morgan fingerprint density at radius 2 is 2.27 bits per heavy atom. The normalized spacial score (nSPS) is 23.3. The summed E-state index contributed by atoms with van der Waals surface area (Å²) in [6.45, 7) is 4.90. The molecule has 1 atom stereocenters. The van der Waals surface area contributed by atoms with Crippen molar-refractivity contribution >= 4 is 5.97 Å². The molecular weight excluding hydrogens is 144 g/mol. The highest BCUT2D eigenvalue weighted by Gasteiger charge is 2.39. The summed E-state index contributed by atoms with van der Waals surface area (Å²) < 4.78 is 5.11. The minimum atomic E-state index is -0.723. The highest BCUT2D eigenvalue weighted by Crippen LogP contribution is 2.35. The summed E-state index contributed by atoms with van der Waals surface area (Å²) in [5, 5.41) is 8.44. The molecule has 1 heterocycles. The second kappa shape index (κ2) is 2.81. The molecule has 1 aliphatic rings. The third kappa shape index (κ3) is 2.50. The van der Waals surface area contributed by atoms with Crippen molar-refractivity contribution < 1.29 is 14.6 Å². The number of hydrogen-bond donors (Lipinski definition) is 1. The Balaban J connectivity index is 2.27. The van der Waals surface area contributed by atoms with Crippen molar-refractivity contribution in [3.63, 3.8) is 0 Å². The number of carbonyl (C=O) groups is 1. The van der Waals surface area contributed by atoms with E-state index in [9.17, 15) is 4.79 Å². The van der Waals surface area contributed by atoms with E-state index in [0.29, 0.717) is 12.5 Å². The Morgan fingerprint density at radius 1 is 1.73 bits per heavy atom.